The van der Waals surface area contributed by atoms with Crippen LogP contribution in [0.3, 0.4) is 0 Å². The van der Waals surface area contributed by atoms with Gasteiger partial charge in [-0.2, -0.15) is 26.3 Å². The molecule has 0 aromatic carbocycles. The van der Waals surface area contributed by atoms with Crippen molar-refractivity contribution in [2.75, 3.05) is 13.2 Å². The van der Waals surface area contributed by atoms with Gasteiger partial charge in [-0.15, -0.1) is 0 Å². The van der Waals surface area contributed by atoms with E-state index in [1.807, 2.05) is 0 Å². The van der Waals surface area contributed by atoms with Gasteiger partial charge in [0.1, 0.15) is 6.61 Å². The minimum Gasteiger partial charge on any atom is -0.415 e. The summed E-state index contributed by atoms with van der Waals surface area (Å²) >= 11 is 0. The molecule has 6 nitrogen and oxygen atoms in total. The van der Waals surface area contributed by atoms with Gasteiger partial charge >= 0.3 is 69.9 Å². The minimum absolute atomic E-state index is 0.00424. The van der Waals surface area contributed by atoms with Crippen LogP contribution in [0.5, 0.6) is 0 Å². The molecule has 1 heterocycles. The maximum absolute atomic E-state index is 13.5. The lowest BCUT2D eigenvalue weighted by atomic mass is 10.1. The molecule has 19 heteroatoms. The predicted octanol–water partition coefficient (Wildman–Crippen LogP) is 4.20. The zero-order valence-corrected chi connectivity index (χ0v) is 22.9. The van der Waals surface area contributed by atoms with Gasteiger partial charge in [-0.25, -0.2) is 8.78 Å². The minimum atomic E-state index is -6.29. The molecule has 1 aliphatic rings. The second-order valence-corrected chi connectivity index (χ2v) is 17.8. The molecule has 0 saturated carbocycles. The second kappa shape index (κ2) is 11.8. The van der Waals surface area contributed by atoms with Crippen molar-refractivity contribution in [2.45, 2.75) is 69.4 Å². The van der Waals surface area contributed by atoms with Crippen LogP contribution in [0.2, 0.25) is 38.8 Å². The zero-order valence-electron chi connectivity index (χ0n) is 17.9. The summed E-state index contributed by atoms with van der Waals surface area (Å²) in [6.07, 6.45) is -4.96. The molecule has 0 aromatic rings. The van der Waals surface area contributed by atoms with E-state index in [1.54, 1.807) is 32.7 Å². The summed E-state index contributed by atoms with van der Waals surface area (Å²) in [6.45, 7) is 6.03. The Morgan fingerprint density at radius 1 is 0.812 bits per heavy atom. The van der Waals surface area contributed by atoms with E-state index in [0.717, 1.165) is 0 Å². The molecule has 0 bridgehead atoms. The van der Waals surface area contributed by atoms with E-state index in [1.165, 1.54) is 0 Å². The maximum atomic E-state index is 13.5. The van der Waals surface area contributed by atoms with Gasteiger partial charge in [0.2, 0.25) is 0 Å². The van der Waals surface area contributed by atoms with Gasteiger partial charge in [-0.1, -0.05) is 0 Å². The smallest absolute Gasteiger partial charge is 0.380 e. The Hall–Kier alpha value is 0.284. The van der Waals surface area contributed by atoms with Crippen LogP contribution in [0.4, 0.5) is 35.1 Å². The van der Waals surface area contributed by atoms with Gasteiger partial charge in [0.15, 0.2) is 0 Å². The number of halogens is 8. The lowest BCUT2D eigenvalue weighted by Crippen LogP contribution is -2.59. The molecule has 0 aliphatic carbocycles. The number of ether oxygens (including phenoxy) is 1. The largest absolute Gasteiger partial charge is 0.415 e. The van der Waals surface area contributed by atoms with E-state index in [0.29, 0.717) is 0 Å². The van der Waals surface area contributed by atoms with Gasteiger partial charge in [-0.3, -0.25) is 0 Å². The molecule has 4 radical (unpaired) electrons. The second-order valence-electron chi connectivity index (χ2n) is 6.97. The SMILES string of the molecule is C[Si]1O[Si](C)O[Si](C)O[Si](C)(CCCOCC(F)(F)C(F)(F)C(F)(F)C(F)F)O[Si](C)O1. The third-order valence-corrected chi connectivity index (χ3v) is 17.9. The van der Waals surface area contributed by atoms with Crippen LogP contribution >= 0.6 is 0 Å². The zero-order chi connectivity index (χ0) is 25.0. The van der Waals surface area contributed by atoms with Crippen molar-refractivity contribution in [2.24, 2.45) is 0 Å². The molecular weight excluding hydrogens is 545 g/mol. The van der Waals surface area contributed by atoms with Crippen molar-refractivity contribution < 1.29 is 60.4 Å². The Balaban J connectivity index is 2.66. The highest BCUT2D eigenvalue weighted by molar-refractivity contribution is 6.80. The number of hydrogen-bond donors (Lipinski definition) is 0. The maximum Gasteiger partial charge on any atom is 0.380 e. The molecule has 0 atom stereocenters. The Morgan fingerprint density at radius 3 is 1.69 bits per heavy atom. The molecule has 1 aliphatic heterocycles. The summed E-state index contributed by atoms with van der Waals surface area (Å²) in [5, 5.41) is 0. The fraction of sp³-hybridized carbons (Fsp3) is 1.00. The van der Waals surface area contributed by atoms with Crippen LogP contribution in [0.1, 0.15) is 6.42 Å². The average molecular weight is 569 g/mol. The van der Waals surface area contributed by atoms with E-state index in [2.05, 4.69) is 4.74 Å². The summed E-state index contributed by atoms with van der Waals surface area (Å²) in [7, 11) is -9.73. The van der Waals surface area contributed by atoms with E-state index < -0.39 is 83.1 Å². The molecule has 0 N–H and O–H groups in total. The van der Waals surface area contributed by atoms with E-state index in [9.17, 15) is 35.1 Å². The first-order valence-corrected chi connectivity index (χ1v) is 19.0. The Bertz CT molecular complexity index is 577. The molecule has 1 fully saturated rings. The van der Waals surface area contributed by atoms with E-state index >= 15 is 0 Å². The monoisotopic (exact) mass is 568 g/mol. The summed E-state index contributed by atoms with van der Waals surface area (Å²) in [5.41, 5.74) is 0. The van der Waals surface area contributed by atoms with Crippen molar-refractivity contribution in [1.82, 2.24) is 0 Å². The molecule has 1 saturated heterocycles. The molecule has 0 unspecified atom stereocenters. The van der Waals surface area contributed by atoms with Crippen molar-refractivity contribution in [1.29, 1.82) is 0 Å². The lowest BCUT2D eigenvalue weighted by Gasteiger charge is -2.34. The number of rotatable bonds is 9. The van der Waals surface area contributed by atoms with Crippen LogP contribution in [0.25, 0.3) is 0 Å². The molecule has 0 amide bonds. The topological polar surface area (TPSA) is 55.4 Å². The van der Waals surface area contributed by atoms with Crippen LogP contribution in [-0.4, -0.2) is 83.1 Å². The van der Waals surface area contributed by atoms with Crippen LogP contribution in [0.15, 0.2) is 0 Å². The first-order chi connectivity index (χ1) is 14.4. The lowest BCUT2D eigenvalue weighted by molar-refractivity contribution is -0.345. The molecule has 0 spiro atoms. The fourth-order valence-electron chi connectivity index (χ4n) is 2.59. The summed E-state index contributed by atoms with van der Waals surface area (Å²) < 4.78 is 137. The summed E-state index contributed by atoms with van der Waals surface area (Å²) in [5.74, 6) is -18.0. The highest BCUT2D eigenvalue weighted by Gasteiger charge is 2.75. The van der Waals surface area contributed by atoms with E-state index in [-0.39, 0.29) is 12.5 Å². The van der Waals surface area contributed by atoms with Crippen molar-refractivity contribution in [3.63, 3.8) is 0 Å². The summed E-state index contributed by atoms with van der Waals surface area (Å²) in [6, 6.07) is 0.178. The standard InChI is InChI=1S/C13H24F8O6Si5/c1-28-23-29(2)25-31(4)27-32(5,26-30(3)24-28)8-6-7-22-9-11(16,17)13(20,21)12(18,19)10(14)15/h10H,6-9H2,1-5H3. The highest BCUT2D eigenvalue weighted by Crippen LogP contribution is 2.48. The fourth-order valence-corrected chi connectivity index (χ4v) is 16.6. The molecule has 188 valence electrons. The molecular formula is C13H24F8O6Si5. The third-order valence-electron chi connectivity index (χ3n) is 3.94. The third kappa shape index (κ3) is 8.20. The molecule has 1 rings (SSSR count). The van der Waals surface area contributed by atoms with Crippen molar-refractivity contribution >= 4 is 45.7 Å². The number of alkyl halides is 8. The van der Waals surface area contributed by atoms with Crippen molar-refractivity contribution in [3.8, 4) is 0 Å². The van der Waals surface area contributed by atoms with Gasteiger partial charge in [0, 0.05) is 6.61 Å². The first kappa shape index (κ1) is 30.3. The van der Waals surface area contributed by atoms with Gasteiger partial charge < -0.3 is 25.3 Å². The van der Waals surface area contributed by atoms with Gasteiger partial charge in [-0.05, 0) is 45.2 Å². The summed E-state index contributed by atoms with van der Waals surface area (Å²) in [4.78, 5) is 0. The number of hydrogen-bond acceptors (Lipinski definition) is 6. The van der Waals surface area contributed by atoms with Crippen LogP contribution < -0.4 is 0 Å². The van der Waals surface area contributed by atoms with E-state index in [4.69, 9.17) is 20.6 Å². The Morgan fingerprint density at radius 2 is 1.25 bits per heavy atom. The van der Waals surface area contributed by atoms with Crippen LogP contribution in [-0.2, 0) is 25.3 Å². The quantitative estimate of drug-likeness (QED) is 0.236. The van der Waals surface area contributed by atoms with Gasteiger partial charge in [0.05, 0.1) is 0 Å². The van der Waals surface area contributed by atoms with Crippen LogP contribution in [0, 0.1) is 0 Å². The average Bonchev–Trinajstić information content (AvgIpc) is 2.58. The van der Waals surface area contributed by atoms with Gasteiger partial charge in [0.25, 0.3) is 0 Å². The normalized spacial score (nSPS) is 21.9. The highest BCUT2D eigenvalue weighted by atomic mass is 28.5. The first-order valence-electron chi connectivity index (χ1n) is 9.18. The molecule has 0 aromatic heterocycles. The van der Waals surface area contributed by atoms with Crippen molar-refractivity contribution in [3.05, 3.63) is 0 Å². The predicted molar refractivity (Wildman–Crippen MR) is 105 cm³/mol. The molecule has 32 heavy (non-hydrogen) atoms. The Kier molecular flexibility index (Phi) is 11.2. The Labute approximate surface area is 189 Å².